The first-order valence-electron chi connectivity index (χ1n) is 20.4. The highest BCUT2D eigenvalue weighted by Crippen LogP contribution is 2.37. The van der Waals surface area contributed by atoms with E-state index in [1.54, 1.807) is 84.9 Å². The van der Waals surface area contributed by atoms with Gasteiger partial charge in [0.1, 0.15) is 10.0 Å². The Balaban J connectivity index is 0.000000182. The maximum absolute atomic E-state index is 12.6. The number of rotatable bonds is 10. The van der Waals surface area contributed by atoms with Crippen molar-refractivity contribution < 1.29 is 34.1 Å². The second-order valence-electron chi connectivity index (χ2n) is 15.1. The molecule has 8 aromatic rings. The van der Waals surface area contributed by atoms with Crippen molar-refractivity contribution in [2.75, 3.05) is 20.2 Å². The second kappa shape index (κ2) is 20.6. The Morgan fingerprint density at radius 1 is 0.522 bits per heavy atom. The average molecular weight is 1010 g/mol. The molecule has 3 heterocycles. The molecule has 6 aromatic carbocycles. The Hall–Kier alpha value is -6.38. The second-order valence-corrected chi connectivity index (χ2v) is 18.5. The molecule has 336 valence electrons. The minimum Gasteiger partial charge on any atom is -0.478 e. The Bertz CT molecular complexity index is 3180. The summed E-state index contributed by atoms with van der Waals surface area (Å²) in [4.78, 5) is 59.6. The van der Waals surface area contributed by atoms with E-state index >= 15 is 0 Å². The van der Waals surface area contributed by atoms with Crippen LogP contribution < -0.4 is 0 Å². The van der Waals surface area contributed by atoms with Crippen LogP contribution in [0.15, 0.2) is 132 Å². The summed E-state index contributed by atoms with van der Waals surface area (Å²) in [5.74, 6) is -2.52. The minimum absolute atomic E-state index is 0.0180. The van der Waals surface area contributed by atoms with Gasteiger partial charge in [-0.05, 0) is 95.8 Å². The van der Waals surface area contributed by atoms with E-state index in [1.807, 2.05) is 39.9 Å². The standard InChI is InChI=1S/C27H20Cl2N2O3S.C24H15Cl2NO4S/c28-22-10-8-18(14-23(22)29)24-15-35-25(30-24)19-7-9-20(21(13-19)27(33)34)16-3-5-17(6-4-16)26(32)31-11-1-2-12-31;1-31-24(30)18-10-16(6-8-17(18)13-2-4-14(5-3-13)23(28)29)22-27-21(12-32-22)15-7-9-19(25)20(26)11-15/h3-10,13-15H,1-2,11-12H2,(H,33,34);2-12H,1H3,(H,28,29). The van der Waals surface area contributed by atoms with Crippen molar-refractivity contribution in [2.24, 2.45) is 0 Å². The van der Waals surface area contributed by atoms with E-state index in [2.05, 4.69) is 9.97 Å². The van der Waals surface area contributed by atoms with E-state index in [0.29, 0.717) is 58.5 Å². The summed E-state index contributed by atoms with van der Waals surface area (Å²) in [5.41, 5.74) is 8.61. The van der Waals surface area contributed by atoms with Crippen LogP contribution in [0.4, 0.5) is 0 Å². The molecule has 2 N–H and O–H groups in total. The van der Waals surface area contributed by atoms with Gasteiger partial charge in [0.15, 0.2) is 0 Å². The molecule has 0 saturated carbocycles. The smallest absolute Gasteiger partial charge is 0.338 e. The maximum atomic E-state index is 12.6. The average Bonchev–Trinajstić information content (AvgIpc) is 4.17. The molecule has 0 bridgehead atoms. The number of carboxylic acid groups (broad SMARTS) is 2. The van der Waals surface area contributed by atoms with E-state index < -0.39 is 17.9 Å². The SMILES string of the molecule is COC(=O)c1cc(-c2nc(-c3ccc(Cl)c(Cl)c3)cs2)ccc1-c1ccc(C(=O)O)cc1.O=C(O)c1cc(-c2nc(-c3ccc(Cl)c(Cl)c3)cs2)ccc1-c1ccc(C(=O)N2CCCC2)cc1. The molecule has 1 aliphatic rings. The fourth-order valence-electron chi connectivity index (χ4n) is 7.39. The number of esters is 1. The van der Waals surface area contributed by atoms with Gasteiger partial charge in [-0.25, -0.2) is 24.4 Å². The fraction of sp³-hybridized carbons (Fsp3) is 0.0980. The monoisotopic (exact) mass is 1010 g/mol. The number of hydrogen-bond acceptors (Lipinski definition) is 9. The lowest BCUT2D eigenvalue weighted by molar-refractivity contribution is 0.0599. The Morgan fingerprint density at radius 2 is 0.955 bits per heavy atom. The molecule has 1 aliphatic heterocycles. The van der Waals surface area contributed by atoms with E-state index in [0.717, 1.165) is 64.6 Å². The summed E-state index contributed by atoms with van der Waals surface area (Å²) in [6, 6.07) is 34.8. The molecule has 0 unspecified atom stereocenters. The zero-order chi connectivity index (χ0) is 47.4. The lowest BCUT2D eigenvalue weighted by Crippen LogP contribution is -2.27. The molecule has 0 atom stereocenters. The van der Waals surface area contributed by atoms with Crippen LogP contribution in [0.2, 0.25) is 20.1 Å². The van der Waals surface area contributed by atoms with Crippen molar-refractivity contribution in [2.45, 2.75) is 12.8 Å². The highest BCUT2D eigenvalue weighted by atomic mass is 35.5. The molecule has 0 spiro atoms. The van der Waals surface area contributed by atoms with Crippen LogP contribution in [0, 0.1) is 0 Å². The van der Waals surface area contributed by atoms with E-state index in [1.165, 1.54) is 41.9 Å². The highest BCUT2D eigenvalue weighted by molar-refractivity contribution is 7.13. The van der Waals surface area contributed by atoms with Crippen molar-refractivity contribution in [3.05, 3.63) is 174 Å². The van der Waals surface area contributed by atoms with Crippen molar-refractivity contribution >= 4 is 92.9 Å². The Labute approximate surface area is 412 Å². The van der Waals surface area contributed by atoms with Gasteiger partial charge in [-0.15, -0.1) is 22.7 Å². The third-order valence-electron chi connectivity index (χ3n) is 10.9. The quantitative estimate of drug-likeness (QED) is 0.128. The molecule has 16 heteroatoms. The number of methoxy groups -OCH3 is 1. The number of carboxylic acids is 2. The number of nitrogens with zero attached hydrogens (tertiary/aromatic N) is 3. The Kier molecular flexibility index (Phi) is 14.5. The molecule has 1 amide bonds. The zero-order valence-corrected chi connectivity index (χ0v) is 39.8. The molecule has 1 fully saturated rings. The van der Waals surface area contributed by atoms with Gasteiger partial charge in [0, 0.05) is 51.7 Å². The van der Waals surface area contributed by atoms with Crippen molar-refractivity contribution in [3.63, 3.8) is 0 Å². The first kappa shape index (κ1) is 47.1. The summed E-state index contributed by atoms with van der Waals surface area (Å²) >= 11 is 27.1. The van der Waals surface area contributed by atoms with E-state index in [4.69, 9.17) is 56.2 Å². The van der Waals surface area contributed by atoms with Crippen LogP contribution >= 0.6 is 69.1 Å². The first-order valence-corrected chi connectivity index (χ1v) is 23.7. The number of carbonyl (C=O) groups excluding carboxylic acids is 2. The summed E-state index contributed by atoms with van der Waals surface area (Å²) in [7, 11) is 1.32. The molecule has 67 heavy (non-hydrogen) atoms. The molecule has 9 rings (SSSR count). The van der Waals surface area contributed by atoms with Crippen LogP contribution in [0.5, 0.6) is 0 Å². The minimum atomic E-state index is -1.03. The summed E-state index contributed by atoms with van der Waals surface area (Å²) in [6.07, 6.45) is 2.07. The largest absolute Gasteiger partial charge is 0.478 e. The maximum Gasteiger partial charge on any atom is 0.338 e. The number of aromatic carboxylic acids is 2. The van der Waals surface area contributed by atoms with Crippen molar-refractivity contribution in [1.29, 1.82) is 0 Å². The summed E-state index contributed by atoms with van der Waals surface area (Å²) in [6.45, 7) is 1.57. The lowest BCUT2D eigenvalue weighted by atomic mass is 9.96. The molecule has 1 saturated heterocycles. The number of ether oxygens (including phenoxy) is 1. The van der Waals surface area contributed by atoms with Crippen LogP contribution in [-0.4, -0.2) is 69.1 Å². The van der Waals surface area contributed by atoms with Gasteiger partial charge in [-0.2, -0.15) is 0 Å². The van der Waals surface area contributed by atoms with E-state index in [-0.39, 0.29) is 17.0 Å². The van der Waals surface area contributed by atoms with Gasteiger partial charge >= 0.3 is 17.9 Å². The van der Waals surface area contributed by atoms with Crippen LogP contribution in [-0.2, 0) is 4.74 Å². The Morgan fingerprint density at radius 3 is 1.40 bits per heavy atom. The zero-order valence-electron chi connectivity index (χ0n) is 35.1. The molecule has 10 nitrogen and oxygen atoms in total. The predicted molar refractivity (Wildman–Crippen MR) is 267 cm³/mol. The van der Waals surface area contributed by atoms with Gasteiger partial charge in [-0.3, -0.25) is 4.79 Å². The molecule has 0 radical (unpaired) electrons. The van der Waals surface area contributed by atoms with Crippen molar-refractivity contribution in [3.8, 4) is 65.9 Å². The van der Waals surface area contributed by atoms with Crippen LogP contribution in [0.1, 0.15) is 54.3 Å². The van der Waals surface area contributed by atoms with Gasteiger partial charge < -0.3 is 19.8 Å². The summed E-state index contributed by atoms with van der Waals surface area (Å²) < 4.78 is 4.97. The van der Waals surface area contributed by atoms with Gasteiger partial charge in [-0.1, -0.05) is 107 Å². The predicted octanol–water partition coefficient (Wildman–Crippen LogP) is 14.3. The number of thiazole rings is 2. The third kappa shape index (κ3) is 10.6. The number of carbonyl (C=O) groups is 4. The number of aromatic nitrogens is 2. The van der Waals surface area contributed by atoms with Crippen LogP contribution in [0.3, 0.4) is 0 Å². The summed E-state index contributed by atoms with van der Waals surface area (Å²) in [5, 5.41) is 26.1. The van der Waals surface area contributed by atoms with Crippen LogP contribution in [0.25, 0.3) is 65.9 Å². The number of likely N-dealkylation sites (tertiary alicyclic amines) is 1. The van der Waals surface area contributed by atoms with Gasteiger partial charge in [0.05, 0.1) is 55.3 Å². The first-order chi connectivity index (χ1) is 32.3. The van der Waals surface area contributed by atoms with Gasteiger partial charge in [0.25, 0.3) is 5.91 Å². The topological polar surface area (TPSA) is 147 Å². The molecule has 2 aromatic heterocycles. The van der Waals surface area contributed by atoms with E-state index in [9.17, 15) is 24.3 Å². The number of hydrogen-bond donors (Lipinski definition) is 2. The number of halogens is 4. The number of benzene rings is 6. The molecular weight excluding hydrogens is 973 g/mol. The third-order valence-corrected chi connectivity index (χ3v) is 14.1. The highest BCUT2D eigenvalue weighted by Gasteiger charge is 2.21. The molecule has 0 aliphatic carbocycles. The number of amides is 1. The normalized spacial score (nSPS) is 12.0. The lowest BCUT2D eigenvalue weighted by Gasteiger charge is -2.15. The van der Waals surface area contributed by atoms with Gasteiger partial charge in [0.2, 0.25) is 0 Å². The fourth-order valence-corrected chi connectivity index (χ4v) is 9.64. The molecular formula is C51H35Cl4N3O7S2. The van der Waals surface area contributed by atoms with Crippen molar-refractivity contribution in [1.82, 2.24) is 14.9 Å².